The van der Waals surface area contributed by atoms with Crippen LogP contribution < -0.4 is 5.32 Å². The van der Waals surface area contributed by atoms with E-state index >= 15 is 0 Å². The van der Waals surface area contributed by atoms with Gasteiger partial charge in [0, 0.05) is 15.0 Å². The fraction of sp³-hybridized carbons (Fsp3) is 0.250. The summed E-state index contributed by atoms with van der Waals surface area (Å²) in [6.45, 7) is 0. The highest BCUT2D eigenvalue weighted by atomic mass is 127. The fourth-order valence-corrected chi connectivity index (χ4v) is 2.19. The summed E-state index contributed by atoms with van der Waals surface area (Å²) in [4.78, 5) is 33.4. The molecule has 108 valence electrons. The van der Waals surface area contributed by atoms with Gasteiger partial charge in [0.05, 0.1) is 5.56 Å². The molecule has 8 heteroatoms. The molecule has 1 unspecified atom stereocenters. The molecule has 0 heterocycles. The minimum atomic E-state index is -1.28. The Hall–Kier alpha value is -1.35. The van der Waals surface area contributed by atoms with Gasteiger partial charge in [0.2, 0.25) is 0 Å². The number of hydrogen-bond acceptors (Lipinski definition) is 3. The molecule has 0 aliphatic rings. The standard InChI is InChI=1S/C12H11ClINO5/c13-6-1-2-8(14)7(5-6)11(18)15-9(12(19)20)3-4-10(16)17/h1-2,5,9H,3-4H2,(H,15,18)(H,16,17)(H,19,20). The van der Waals surface area contributed by atoms with Gasteiger partial charge in [0.25, 0.3) is 5.91 Å². The monoisotopic (exact) mass is 411 g/mol. The van der Waals surface area contributed by atoms with Gasteiger partial charge in [-0.2, -0.15) is 0 Å². The summed E-state index contributed by atoms with van der Waals surface area (Å²) in [6.07, 6.45) is -0.530. The molecule has 1 aromatic rings. The maximum atomic E-state index is 12.0. The number of aliphatic carboxylic acids is 2. The van der Waals surface area contributed by atoms with Crippen molar-refractivity contribution >= 4 is 52.0 Å². The molecule has 0 spiro atoms. The molecule has 0 radical (unpaired) electrons. The second-order valence-corrected chi connectivity index (χ2v) is 5.52. The Morgan fingerprint density at radius 2 is 1.95 bits per heavy atom. The molecule has 0 aliphatic heterocycles. The third-order valence-electron chi connectivity index (χ3n) is 2.42. The molecule has 0 aromatic heterocycles. The van der Waals surface area contributed by atoms with E-state index < -0.39 is 23.9 Å². The lowest BCUT2D eigenvalue weighted by atomic mass is 10.1. The van der Waals surface area contributed by atoms with Crippen LogP contribution >= 0.6 is 34.2 Å². The Balaban J connectivity index is 2.82. The summed E-state index contributed by atoms with van der Waals surface area (Å²) >= 11 is 7.71. The van der Waals surface area contributed by atoms with Crippen LogP contribution in [0.3, 0.4) is 0 Å². The third kappa shape index (κ3) is 4.97. The number of benzene rings is 1. The van der Waals surface area contributed by atoms with Crippen LogP contribution in [0.2, 0.25) is 5.02 Å². The number of amides is 1. The molecule has 6 nitrogen and oxygen atoms in total. The number of carboxylic acids is 2. The number of carbonyl (C=O) groups excluding carboxylic acids is 1. The van der Waals surface area contributed by atoms with Crippen molar-refractivity contribution in [3.63, 3.8) is 0 Å². The average Bonchev–Trinajstić information content (AvgIpc) is 2.36. The summed E-state index contributed by atoms with van der Waals surface area (Å²) in [5.41, 5.74) is 0.250. The summed E-state index contributed by atoms with van der Waals surface area (Å²) in [6, 6.07) is 3.41. The highest BCUT2D eigenvalue weighted by Crippen LogP contribution is 2.18. The Kier molecular flexibility index (Phi) is 6.21. The van der Waals surface area contributed by atoms with Crippen molar-refractivity contribution in [2.45, 2.75) is 18.9 Å². The number of rotatable bonds is 6. The van der Waals surface area contributed by atoms with Gasteiger partial charge in [-0.3, -0.25) is 9.59 Å². The lowest BCUT2D eigenvalue weighted by Crippen LogP contribution is -2.41. The first-order valence-corrected chi connectivity index (χ1v) is 6.97. The third-order valence-corrected chi connectivity index (χ3v) is 3.60. The lowest BCUT2D eigenvalue weighted by Gasteiger charge is -2.14. The van der Waals surface area contributed by atoms with E-state index in [4.69, 9.17) is 21.8 Å². The van der Waals surface area contributed by atoms with Gasteiger partial charge in [0.15, 0.2) is 0 Å². The predicted molar refractivity (Wildman–Crippen MR) is 79.9 cm³/mol. The quantitative estimate of drug-likeness (QED) is 0.621. The van der Waals surface area contributed by atoms with Crippen molar-refractivity contribution in [1.82, 2.24) is 5.32 Å². The Morgan fingerprint density at radius 3 is 2.50 bits per heavy atom. The molecule has 0 bridgehead atoms. The van der Waals surface area contributed by atoms with E-state index in [-0.39, 0.29) is 18.4 Å². The Morgan fingerprint density at radius 1 is 1.30 bits per heavy atom. The van der Waals surface area contributed by atoms with Crippen molar-refractivity contribution in [2.75, 3.05) is 0 Å². The fourth-order valence-electron chi connectivity index (χ4n) is 1.43. The highest BCUT2D eigenvalue weighted by Gasteiger charge is 2.22. The number of carbonyl (C=O) groups is 3. The van der Waals surface area contributed by atoms with Crippen LogP contribution in [0.25, 0.3) is 0 Å². The highest BCUT2D eigenvalue weighted by molar-refractivity contribution is 14.1. The van der Waals surface area contributed by atoms with Crippen molar-refractivity contribution < 1.29 is 24.6 Å². The molecular formula is C12H11ClINO5. The van der Waals surface area contributed by atoms with Gasteiger partial charge in [-0.1, -0.05) is 11.6 Å². The number of nitrogens with one attached hydrogen (secondary N) is 1. The molecule has 1 amide bonds. The van der Waals surface area contributed by atoms with Gasteiger partial charge < -0.3 is 15.5 Å². The molecule has 0 saturated heterocycles. The molecule has 0 aliphatic carbocycles. The van der Waals surface area contributed by atoms with E-state index in [2.05, 4.69) is 5.32 Å². The van der Waals surface area contributed by atoms with E-state index in [0.29, 0.717) is 8.59 Å². The molecule has 1 atom stereocenters. The van der Waals surface area contributed by atoms with Gasteiger partial charge >= 0.3 is 11.9 Å². The number of hydrogen-bond donors (Lipinski definition) is 3. The minimum Gasteiger partial charge on any atom is -0.481 e. The van der Waals surface area contributed by atoms with Crippen LogP contribution in [0, 0.1) is 3.57 Å². The zero-order valence-corrected chi connectivity index (χ0v) is 13.0. The van der Waals surface area contributed by atoms with E-state index in [1.807, 2.05) is 22.6 Å². The lowest BCUT2D eigenvalue weighted by molar-refractivity contribution is -0.140. The second-order valence-electron chi connectivity index (χ2n) is 3.92. The molecule has 20 heavy (non-hydrogen) atoms. The number of halogens is 2. The minimum absolute atomic E-state index is 0.187. The maximum Gasteiger partial charge on any atom is 0.326 e. The summed E-state index contributed by atoms with van der Waals surface area (Å²) < 4.78 is 0.617. The summed E-state index contributed by atoms with van der Waals surface area (Å²) in [5, 5.41) is 20.2. The van der Waals surface area contributed by atoms with Gasteiger partial charge in [0.1, 0.15) is 6.04 Å². The Labute approximate surface area is 133 Å². The smallest absolute Gasteiger partial charge is 0.326 e. The largest absolute Gasteiger partial charge is 0.481 e. The van der Waals surface area contributed by atoms with Crippen LogP contribution in [-0.2, 0) is 9.59 Å². The predicted octanol–water partition coefficient (Wildman–Crippen LogP) is 1.99. The second kappa shape index (κ2) is 7.44. The van der Waals surface area contributed by atoms with Crippen LogP contribution in [0.1, 0.15) is 23.2 Å². The molecule has 1 aromatic carbocycles. The first-order valence-electron chi connectivity index (χ1n) is 5.51. The molecule has 3 N–H and O–H groups in total. The van der Waals surface area contributed by atoms with Crippen LogP contribution in [0.15, 0.2) is 18.2 Å². The number of carboxylic acid groups (broad SMARTS) is 2. The van der Waals surface area contributed by atoms with Crippen molar-refractivity contribution in [3.05, 3.63) is 32.4 Å². The van der Waals surface area contributed by atoms with Crippen LogP contribution in [0.5, 0.6) is 0 Å². The Bertz CT molecular complexity index is 549. The molecular weight excluding hydrogens is 400 g/mol. The topological polar surface area (TPSA) is 104 Å². The van der Waals surface area contributed by atoms with E-state index in [9.17, 15) is 14.4 Å². The van der Waals surface area contributed by atoms with Crippen molar-refractivity contribution in [1.29, 1.82) is 0 Å². The van der Waals surface area contributed by atoms with E-state index in [0.717, 1.165) is 0 Å². The van der Waals surface area contributed by atoms with Crippen LogP contribution in [0.4, 0.5) is 0 Å². The van der Waals surface area contributed by atoms with Gasteiger partial charge in [-0.05, 0) is 47.2 Å². The van der Waals surface area contributed by atoms with E-state index in [1.165, 1.54) is 6.07 Å². The summed E-state index contributed by atoms with van der Waals surface area (Å²) in [5.74, 6) is -3.01. The normalized spacial score (nSPS) is 11.7. The van der Waals surface area contributed by atoms with Gasteiger partial charge in [-0.15, -0.1) is 0 Å². The molecule has 1 rings (SSSR count). The maximum absolute atomic E-state index is 12.0. The molecule has 0 fully saturated rings. The average molecular weight is 412 g/mol. The van der Waals surface area contributed by atoms with Crippen molar-refractivity contribution in [2.24, 2.45) is 0 Å². The zero-order valence-electron chi connectivity index (χ0n) is 10.1. The van der Waals surface area contributed by atoms with E-state index in [1.54, 1.807) is 12.1 Å². The first-order chi connectivity index (χ1) is 9.31. The summed E-state index contributed by atoms with van der Waals surface area (Å²) in [7, 11) is 0. The first kappa shape index (κ1) is 16.7. The van der Waals surface area contributed by atoms with Crippen LogP contribution in [-0.4, -0.2) is 34.1 Å². The van der Waals surface area contributed by atoms with Crippen molar-refractivity contribution in [3.8, 4) is 0 Å². The zero-order chi connectivity index (χ0) is 15.3. The van der Waals surface area contributed by atoms with Gasteiger partial charge in [-0.25, -0.2) is 4.79 Å². The SMILES string of the molecule is O=C(O)CCC(NC(=O)c1cc(Cl)ccc1I)C(=O)O. The molecule has 0 saturated carbocycles.